The van der Waals surface area contributed by atoms with Gasteiger partial charge >= 0.3 is 7.12 Å². The number of hydrogen-bond donors (Lipinski definition) is 0. The van der Waals surface area contributed by atoms with Gasteiger partial charge in [-0.15, -0.1) is 11.3 Å². The molecule has 4 heteroatoms. The lowest BCUT2D eigenvalue weighted by Crippen LogP contribution is -2.41. The lowest BCUT2D eigenvalue weighted by atomic mass is 9.80. The molecule has 1 fully saturated rings. The van der Waals surface area contributed by atoms with E-state index in [-0.39, 0.29) is 10.8 Å². The highest BCUT2D eigenvalue weighted by Crippen LogP contribution is 2.37. The summed E-state index contributed by atoms with van der Waals surface area (Å²) in [4.78, 5) is -0.716. The van der Waals surface area contributed by atoms with Crippen molar-refractivity contribution in [3.8, 4) is 0 Å². The summed E-state index contributed by atoms with van der Waals surface area (Å²) in [5.41, 5.74) is -5.15. The monoisotopic (exact) mass is 277 g/mol. The van der Waals surface area contributed by atoms with Gasteiger partial charge in [-0.25, -0.2) is 0 Å². The summed E-state index contributed by atoms with van der Waals surface area (Å²) in [5, 5.41) is -0.370. The van der Waals surface area contributed by atoms with Crippen LogP contribution in [0.3, 0.4) is 0 Å². The fraction of sp³-hybridized carbons (Fsp3) is 0.714. The molecule has 0 radical (unpaired) electrons. The Bertz CT molecular complexity index is 739. The van der Waals surface area contributed by atoms with Crippen LogP contribution < -0.4 is 5.46 Å². The van der Waals surface area contributed by atoms with Crippen LogP contribution in [0, 0.1) is 0 Å². The molecule has 0 saturated carbocycles. The Morgan fingerprint density at radius 1 is 1.22 bits per heavy atom. The number of thiophene rings is 1. The van der Waals surface area contributed by atoms with E-state index in [1.54, 1.807) is 27.7 Å². The standard InChI is InChI=1S/C14H23BO2S/c1-12(2,3)11-8-10(9-18-11)15-16-13(4,5)14(6,7)17-15/h8-9H,1-7H3/i1D3,2D3,3D3,8D,9D. The van der Waals surface area contributed by atoms with E-state index in [9.17, 15) is 0 Å². The molecule has 2 rings (SSSR count). The molecule has 0 unspecified atom stereocenters. The molecule has 0 aliphatic carbocycles. The highest BCUT2D eigenvalue weighted by molar-refractivity contribution is 7.11. The minimum Gasteiger partial charge on any atom is -0.399 e. The molecule has 100 valence electrons. The second-order valence-corrected chi connectivity index (χ2v) is 6.23. The molecule has 1 aromatic rings. The zero-order valence-electron chi connectivity index (χ0n) is 21.8. The number of hydrogen-bond acceptors (Lipinski definition) is 3. The van der Waals surface area contributed by atoms with Crippen molar-refractivity contribution in [2.24, 2.45) is 0 Å². The van der Waals surface area contributed by atoms with E-state index in [1.165, 1.54) is 0 Å². The fourth-order valence-corrected chi connectivity index (χ4v) is 2.19. The second kappa shape index (κ2) is 4.09. The predicted octanol–water partition coefficient (Wildman–Crippen LogP) is 3.34. The van der Waals surface area contributed by atoms with Crippen molar-refractivity contribution >= 4 is 23.9 Å². The minimum absolute atomic E-state index is 0.175. The Kier molecular flexibility index (Phi) is 1.27. The van der Waals surface area contributed by atoms with Gasteiger partial charge in [-0.2, -0.15) is 0 Å². The Balaban J connectivity index is 2.81. The molecule has 1 aliphatic rings. The molecule has 1 aliphatic heterocycles. The highest BCUT2D eigenvalue weighted by atomic mass is 32.1. The number of rotatable bonds is 1. The summed E-state index contributed by atoms with van der Waals surface area (Å²) in [6.45, 7) is -3.52. The van der Waals surface area contributed by atoms with Crippen LogP contribution in [0.4, 0.5) is 0 Å². The van der Waals surface area contributed by atoms with Crippen LogP contribution in [-0.4, -0.2) is 18.3 Å². The summed E-state index contributed by atoms with van der Waals surface area (Å²) >= 11 is 0.355. The van der Waals surface area contributed by atoms with Crippen molar-refractivity contribution in [2.45, 2.75) is 64.9 Å². The Hall–Kier alpha value is -0.315. The molecule has 1 saturated heterocycles. The average molecular weight is 277 g/mol. The van der Waals surface area contributed by atoms with Crippen LogP contribution in [0.5, 0.6) is 0 Å². The Labute approximate surface area is 130 Å². The van der Waals surface area contributed by atoms with Crippen molar-refractivity contribution < 1.29 is 24.4 Å². The minimum atomic E-state index is -3.50. The molecule has 0 amide bonds. The smallest absolute Gasteiger partial charge is 0.399 e. The molecule has 0 spiro atoms. The first-order chi connectivity index (χ1) is 12.6. The van der Waals surface area contributed by atoms with Gasteiger partial charge in [0.05, 0.1) is 13.9 Å². The lowest BCUT2D eigenvalue weighted by Gasteiger charge is -2.32. The van der Waals surface area contributed by atoms with Gasteiger partial charge in [0.1, 0.15) is 0 Å². The third kappa shape index (κ3) is 2.38. The van der Waals surface area contributed by atoms with Crippen molar-refractivity contribution in [2.75, 3.05) is 0 Å². The molecule has 18 heavy (non-hydrogen) atoms. The maximum absolute atomic E-state index is 8.47. The van der Waals surface area contributed by atoms with E-state index in [2.05, 4.69) is 0 Å². The molecule has 2 nitrogen and oxygen atoms in total. The van der Waals surface area contributed by atoms with Gasteiger partial charge in [0, 0.05) is 17.2 Å². The van der Waals surface area contributed by atoms with Crippen LogP contribution >= 0.6 is 11.3 Å². The van der Waals surface area contributed by atoms with Crippen LogP contribution in [0.2, 0.25) is 0 Å². The average Bonchev–Trinajstić information content (AvgIpc) is 2.78. The van der Waals surface area contributed by atoms with Crippen molar-refractivity contribution in [3.63, 3.8) is 0 Å². The Morgan fingerprint density at radius 3 is 2.28 bits per heavy atom. The molecule has 2 heterocycles. The van der Waals surface area contributed by atoms with Gasteiger partial charge in [-0.1, -0.05) is 20.6 Å². The zero-order valence-corrected chi connectivity index (χ0v) is 11.6. The molecule has 1 aromatic heterocycles. The maximum atomic E-state index is 8.47. The second-order valence-electron chi connectivity index (χ2n) is 5.41. The van der Waals surface area contributed by atoms with Crippen molar-refractivity contribution in [1.29, 1.82) is 0 Å². The predicted molar refractivity (Wildman–Crippen MR) is 78.7 cm³/mol. The Morgan fingerprint density at radius 2 is 1.78 bits per heavy atom. The first-order valence-electron chi connectivity index (χ1n) is 11.1. The van der Waals surface area contributed by atoms with Crippen LogP contribution in [0.1, 0.15) is 68.2 Å². The summed E-state index contributed by atoms with van der Waals surface area (Å²) in [5.74, 6) is 0. The molecule has 0 N–H and O–H groups in total. The van der Waals surface area contributed by atoms with Gasteiger partial charge in [0.25, 0.3) is 0 Å². The lowest BCUT2D eigenvalue weighted by molar-refractivity contribution is 0.00578. The summed E-state index contributed by atoms with van der Waals surface area (Å²) in [6, 6.07) is -0.665. The largest absolute Gasteiger partial charge is 0.495 e. The van der Waals surface area contributed by atoms with E-state index in [0.717, 1.165) is 0 Å². The zero-order chi connectivity index (χ0) is 23.0. The van der Waals surface area contributed by atoms with E-state index in [1.807, 2.05) is 0 Å². The topological polar surface area (TPSA) is 18.5 Å². The fourth-order valence-electron chi connectivity index (χ4n) is 1.52. The third-order valence-corrected chi connectivity index (χ3v) is 4.28. The van der Waals surface area contributed by atoms with Gasteiger partial charge in [-0.05, 0) is 50.0 Å². The maximum Gasteiger partial charge on any atom is 0.495 e. The SMILES string of the molecule is [2H]c1sc(C(C([2H])([2H])[2H])(C([2H])([2H])[2H])C([2H])([2H])[2H])c([2H])c1B1OC(C)(C)C(C)(C)O1. The normalized spacial score (nSPS) is 33.6. The summed E-state index contributed by atoms with van der Waals surface area (Å²) in [6.07, 6.45) is 0. The van der Waals surface area contributed by atoms with Crippen LogP contribution in [0.15, 0.2) is 11.4 Å². The van der Waals surface area contributed by atoms with Crippen molar-refractivity contribution in [3.05, 3.63) is 16.3 Å². The highest BCUT2D eigenvalue weighted by Gasteiger charge is 2.52. The van der Waals surface area contributed by atoms with E-state index >= 15 is 0 Å². The molecule has 0 bridgehead atoms. The summed E-state index contributed by atoms with van der Waals surface area (Å²) < 4.78 is 98.6. The van der Waals surface area contributed by atoms with Gasteiger partial charge in [-0.3, -0.25) is 0 Å². The van der Waals surface area contributed by atoms with E-state index < -0.39 is 55.2 Å². The first kappa shape index (κ1) is 5.59. The van der Waals surface area contributed by atoms with Gasteiger partial charge < -0.3 is 9.31 Å². The molecular weight excluding hydrogens is 243 g/mol. The van der Waals surface area contributed by atoms with E-state index in [0.29, 0.717) is 11.3 Å². The van der Waals surface area contributed by atoms with Gasteiger partial charge in [0.2, 0.25) is 0 Å². The third-order valence-electron chi connectivity index (χ3n) is 3.34. The first-order valence-corrected chi connectivity index (χ1v) is 6.39. The van der Waals surface area contributed by atoms with Gasteiger partial charge in [0.15, 0.2) is 0 Å². The van der Waals surface area contributed by atoms with Crippen molar-refractivity contribution in [1.82, 2.24) is 0 Å². The van der Waals surface area contributed by atoms with Crippen LogP contribution in [-0.2, 0) is 14.7 Å². The molecular formula is C14H23BO2S. The quantitative estimate of drug-likeness (QED) is 0.733. The molecule has 0 aromatic carbocycles. The van der Waals surface area contributed by atoms with E-state index in [4.69, 9.17) is 24.4 Å². The molecule has 0 atom stereocenters. The van der Waals surface area contributed by atoms with Crippen LogP contribution in [0.25, 0.3) is 0 Å². The summed E-state index contributed by atoms with van der Waals surface area (Å²) in [7, 11) is -1.23.